The van der Waals surface area contributed by atoms with E-state index in [4.69, 9.17) is 0 Å². The predicted octanol–water partition coefficient (Wildman–Crippen LogP) is 5.14. The molecule has 0 spiro atoms. The molecule has 21 heavy (non-hydrogen) atoms. The van der Waals surface area contributed by atoms with Gasteiger partial charge in [0.1, 0.15) is 0 Å². The first-order valence-electron chi connectivity index (χ1n) is 7.64. The van der Waals surface area contributed by atoms with Crippen LogP contribution in [-0.2, 0) is 12.8 Å². The van der Waals surface area contributed by atoms with Crippen molar-refractivity contribution in [2.24, 2.45) is 0 Å². The fourth-order valence-corrected chi connectivity index (χ4v) is 4.03. The molecule has 3 aromatic rings. The van der Waals surface area contributed by atoms with Crippen LogP contribution in [0, 0.1) is 6.92 Å². The van der Waals surface area contributed by atoms with E-state index in [-0.39, 0.29) is 0 Å². The lowest BCUT2D eigenvalue weighted by molar-refractivity contribution is 1.23. The molecule has 0 fully saturated rings. The minimum absolute atomic E-state index is 1.09. The third kappa shape index (κ3) is 1.45. The summed E-state index contributed by atoms with van der Waals surface area (Å²) >= 11 is 0. The second kappa shape index (κ2) is 3.85. The quantitative estimate of drug-likeness (QED) is 0.365. The largest absolute Gasteiger partial charge is 0.0619 e. The molecule has 0 heteroatoms. The van der Waals surface area contributed by atoms with Crippen LogP contribution in [0.25, 0.3) is 22.3 Å². The highest BCUT2D eigenvalue weighted by molar-refractivity contribution is 5.89. The maximum absolute atomic E-state index is 2.37. The fourth-order valence-electron chi connectivity index (χ4n) is 4.03. The number of hydrogen-bond donors (Lipinski definition) is 0. The van der Waals surface area contributed by atoms with Gasteiger partial charge in [0.25, 0.3) is 0 Å². The van der Waals surface area contributed by atoms with Crippen molar-refractivity contribution >= 4 is 0 Å². The molecule has 2 aliphatic carbocycles. The van der Waals surface area contributed by atoms with E-state index in [0.29, 0.717) is 0 Å². The Hall–Kier alpha value is -2.34. The first-order chi connectivity index (χ1) is 10.3. The molecule has 2 aliphatic rings. The van der Waals surface area contributed by atoms with Gasteiger partial charge < -0.3 is 0 Å². The number of hydrogen-bond acceptors (Lipinski definition) is 0. The zero-order valence-electron chi connectivity index (χ0n) is 12.1. The second-order valence-electron chi connectivity index (χ2n) is 6.30. The Morgan fingerprint density at radius 2 is 1.48 bits per heavy atom. The molecule has 0 saturated carbocycles. The van der Waals surface area contributed by atoms with E-state index in [9.17, 15) is 0 Å². The van der Waals surface area contributed by atoms with Crippen LogP contribution in [0.15, 0.2) is 54.6 Å². The van der Waals surface area contributed by atoms with Gasteiger partial charge in [-0.25, -0.2) is 0 Å². The molecule has 0 radical (unpaired) electrons. The van der Waals surface area contributed by atoms with E-state index in [1.165, 1.54) is 50.1 Å². The first-order valence-corrected chi connectivity index (χ1v) is 7.64. The SMILES string of the molecule is Cc1ccc2c(c1)-c1c(ccc3c1Cc1ccccc1-3)C2. The zero-order valence-corrected chi connectivity index (χ0v) is 12.1. The maximum Gasteiger partial charge on any atom is -0.000718 e. The molecule has 0 bridgehead atoms. The van der Waals surface area contributed by atoms with Crippen LogP contribution in [0.2, 0.25) is 0 Å². The van der Waals surface area contributed by atoms with Crippen molar-refractivity contribution in [3.63, 3.8) is 0 Å². The smallest absolute Gasteiger partial charge is 0.000718 e. The van der Waals surface area contributed by atoms with Crippen LogP contribution in [-0.4, -0.2) is 0 Å². The van der Waals surface area contributed by atoms with Gasteiger partial charge in [-0.2, -0.15) is 0 Å². The molecule has 0 atom stereocenters. The molecule has 5 rings (SSSR count). The monoisotopic (exact) mass is 268 g/mol. The molecule has 0 N–H and O–H groups in total. The van der Waals surface area contributed by atoms with Crippen LogP contribution in [0.1, 0.15) is 27.8 Å². The average Bonchev–Trinajstić information content (AvgIpc) is 3.04. The summed E-state index contributed by atoms with van der Waals surface area (Å²) in [5.41, 5.74) is 13.2. The molecular formula is C21H16. The molecule has 0 nitrogen and oxygen atoms in total. The Kier molecular flexibility index (Phi) is 2.08. The lowest BCUT2D eigenvalue weighted by atomic mass is 9.94. The van der Waals surface area contributed by atoms with Crippen LogP contribution in [0.4, 0.5) is 0 Å². The summed E-state index contributed by atoms with van der Waals surface area (Å²) in [7, 11) is 0. The molecule has 3 aromatic carbocycles. The number of fused-ring (bicyclic) bond motifs is 7. The van der Waals surface area contributed by atoms with E-state index < -0.39 is 0 Å². The van der Waals surface area contributed by atoms with Gasteiger partial charge in [0.2, 0.25) is 0 Å². The Morgan fingerprint density at radius 1 is 0.667 bits per heavy atom. The van der Waals surface area contributed by atoms with Crippen molar-refractivity contribution < 1.29 is 0 Å². The summed E-state index contributed by atoms with van der Waals surface area (Å²) in [5, 5.41) is 0. The summed E-state index contributed by atoms with van der Waals surface area (Å²) < 4.78 is 0. The third-order valence-electron chi connectivity index (χ3n) is 4.99. The van der Waals surface area contributed by atoms with Gasteiger partial charge in [-0.1, -0.05) is 60.2 Å². The van der Waals surface area contributed by atoms with E-state index in [1.54, 1.807) is 0 Å². The van der Waals surface area contributed by atoms with Crippen LogP contribution >= 0.6 is 0 Å². The van der Waals surface area contributed by atoms with Crippen molar-refractivity contribution in [3.05, 3.63) is 82.4 Å². The molecule has 0 aromatic heterocycles. The van der Waals surface area contributed by atoms with Crippen molar-refractivity contribution in [1.29, 1.82) is 0 Å². The third-order valence-corrected chi connectivity index (χ3v) is 4.99. The Bertz CT molecular complexity index is 900. The highest BCUT2D eigenvalue weighted by atomic mass is 14.3. The maximum atomic E-state index is 2.37. The number of benzene rings is 3. The second-order valence-corrected chi connectivity index (χ2v) is 6.30. The fraction of sp³-hybridized carbons (Fsp3) is 0.143. The van der Waals surface area contributed by atoms with Crippen molar-refractivity contribution in [1.82, 2.24) is 0 Å². The van der Waals surface area contributed by atoms with Crippen LogP contribution < -0.4 is 0 Å². The minimum atomic E-state index is 1.09. The van der Waals surface area contributed by atoms with Crippen molar-refractivity contribution in [3.8, 4) is 22.3 Å². The topological polar surface area (TPSA) is 0 Å². The van der Waals surface area contributed by atoms with Gasteiger partial charge in [-0.15, -0.1) is 0 Å². The lowest BCUT2D eigenvalue weighted by Gasteiger charge is -2.09. The molecule has 0 unspecified atom stereocenters. The average molecular weight is 268 g/mol. The summed E-state index contributed by atoms with van der Waals surface area (Å²) in [5.74, 6) is 0. The highest BCUT2D eigenvalue weighted by Crippen LogP contribution is 2.47. The van der Waals surface area contributed by atoms with E-state index in [2.05, 4.69) is 61.5 Å². The molecular weight excluding hydrogens is 252 g/mol. The van der Waals surface area contributed by atoms with E-state index >= 15 is 0 Å². The van der Waals surface area contributed by atoms with Crippen LogP contribution in [0.5, 0.6) is 0 Å². The molecule has 100 valence electrons. The number of aryl methyl sites for hydroxylation is 1. The number of rotatable bonds is 0. The standard InChI is InChI=1S/C21H16/c1-13-6-7-15-11-16-8-9-18-17-5-3-2-4-14(17)12-20(18)21(16)19(15)10-13/h2-10H,11-12H2,1H3. The molecule has 0 saturated heterocycles. The summed E-state index contributed by atoms with van der Waals surface area (Å²) in [6.45, 7) is 2.19. The van der Waals surface area contributed by atoms with Crippen molar-refractivity contribution in [2.75, 3.05) is 0 Å². The molecule has 0 aliphatic heterocycles. The van der Waals surface area contributed by atoms with E-state index in [0.717, 1.165) is 12.8 Å². The van der Waals surface area contributed by atoms with E-state index in [1.807, 2.05) is 0 Å². The Morgan fingerprint density at radius 3 is 2.43 bits per heavy atom. The Balaban J connectivity index is 1.82. The summed E-state index contributed by atoms with van der Waals surface area (Å²) in [4.78, 5) is 0. The Labute approximate surface area is 125 Å². The molecule has 0 amide bonds. The predicted molar refractivity (Wildman–Crippen MR) is 87.7 cm³/mol. The van der Waals surface area contributed by atoms with Gasteiger partial charge in [0.15, 0.2) is 0 Å². The zero-order chi connectivity index (χ0) is 14.0. The van der Waals surface area contributed by atoms with Gasteiger partial charge in [-0.3, -0.25) is 0 Å². The van der Waals surface area contributed by atoms with Gasteiger partial charge >= 0.3 is 0 Å². The summed E-state index contributed by atoms with van der Waals surface area (Å²) in [6.07, 6.45) is 2.18. The van der Waals surface area contributed by atoms with Gasteiger partial charge in [-0.05, 0) is 64.3 Å². The lowest BCUT2D eigenvalue weighted by Crippen LogP contribution is -1.89. The van der Waals surface area contributed by atoms with Crippen LogP contribution in [0.3, 0.4) is 0 Å². The van der Waals surface area contributed by atoms with Crippen molar-refractivity contribution in [2.45, 2.75) is 19.8 Å². The summed E-state index contributed by atoms with van der Waals surface area (Å²) in [6, 6.07) is 20.4. The highest BCUT2D eigenvalue weighted by Gasteiger charge is 2.27. The normalized spacial score (nSPS) is 13.6. The molecule has 0 heterocycles. The van der Waals surface area contributed by atoms with Gasteiger partial charge in [0, 0.05) is 0 Å². The first kappa shape index (κ1) is 11.3. The minimum Gasteiger partial charge on any atom is -0.0619 e. The van der Waals surface area contributed by atoms with Gasteiger partial charge in [0.05, 0.1) is 0 Å².